The van der Waals surface area contributed by atoms with Crippen molar-refractivity contribution in [2.75, 3.05) is 18.5 Å². The molecule has 0 saturated heterocycles. The summed E-state index contributed by atoms with van der Waals surface area (Å²) < 4.78 is 11.8. The van der Waals surface area contributed by atoms with Crippen molar-refractivity contribution < 1.29 is 19.1 Å². The summed E-state index contributed by atoms with van der Waals surface area (Å²) >= 11 is 1.31. The van der Waals surface area contributed by atoms with Gasteiger partial charge in [0, 0.05) is 11.1 Å². The number of thiophene rings is 1. The third kappa shape index (κ3) is 4.97. The van der Waals surface area contributed by atoms with Crippen LogP contribution in [-0.2, 0) is 16.1 Å². The van der Waals surface area contributed by atoms with Crippen LogP contribution in [0.25, 0.3) is 0 Å². The molecule has 0 unspecified atom stereocenters. The van der Waals surface area contributed by atoms with Gasteiger partial charge in [0.2, 0.25) is 5.91 Å². The Morgan fingerprint density at radius 3 is 2.67 bits per heavy atom. The van der Waals surface area contributed by atoms with E-state index in [0.29, 0.717) is 17.2 Å². The van der Waals surface area contributed by atoms with E-state index in [9.17, 15) is 14.4 Å². The second kappa shape index (κ2) is 9.36. The maximum absolute atomic E-state index is 12.5. The van der Waals surface area contributed by atoms with Crippen LogP contribution in [0, 0.1) is 13.8 Å². The molecule has 0 bridgehead atoms. The van der Waals surface area contributed by atoms with Crippen molar-refractivity contribution in [1.29, 1.82) is 0 Å². The average molecular weight is 392 g/mol. The summed E-state index contributed by atoms with van der Waals surface area (Å²) in [5.41, 5.74) is 0.770. The number of amides is 1. The first-order valence-electron chi connectivity index (χ1n) is 8.78. The number of anilines is 1. The van der Waals surface area contributed by atoms with Gasteiger partial charge in [-0.15, -0.1) is 11.3 Å². The first kappa shape index (κ1) is 20.7. The molecule has 146 valence electrons. The van der Waals surface area contributed by atoms with Crippen molar-refractivity contribution in [2.24, 2.45) is 0 Å². The fourth-order valence-corrected chi connectivity index (χ4v) is 3.51. The summed E-state index contributed by atoms with van der Waals surface area (Å²) in [6, 6.07) is 3.24. The van der Waals surface area contributed by atoms with Crippen LogP contribution in [0.3, 0.4) is 0 Å². The Morgan fingerprint density at radius 2 is 2.00 bits per heavy atom. The summed E-state index contributed by atoms with van der Waals surface area (Å²) in [5.74, 6) is -0.666. The summed E-state index contributed by atoms with van der Waals surface area (Å²) in [5, 5.41) is 3.16. The van der Waals surface area contributed by atoms with Gasteiger partial charge in [-0.25, -0.2) is 4.79 Å². The van der Waals surface area contributed by atoms with Gasteiger partial charge < -0.3 is 19.4 Å². The molecule has 2 aromatic heterocycles. The van der Waals surface area contributed by atoms with Crippen molar-refractivity contribution in [3.63, 3.8) is 0 Å². The highest BCUT2D eigenvalue weighted by molar-refractivity contribution is 7.16. The van der Waals surface area contributed by atoms with Crippen molar-refractivity contribution in [1.82, 2.24) is 4.57 Å². The van der Waals surface area contributed by atoms with Gasteiger partial charge in [-0.2, -0.15) is 0 Å². The third-order valence-electron chi connectivity index (χ3n) is 3.88. The lowest BCUT2D eigenvalue weighted by atomic mass is 10.1. The summed E-state index contributed by atoms with van der Waals surface area (Å²) in [6.45, 7) is 7.86. The van der Waals surface area contributed by atoms with Crippen LogP contribution in [0.4, 0.5) is 5.00 Å². The van der Waals surface area contributed by atoms with E-state index in [4.69, 9.17) is 9.47 Å². The van der Waals surface area contributed by atoms with Gasteiger partial charge in [-0.1, -0.05) is 6.92 Å². The highest BCUT2D eigenvalue weighted by Gasteiger charge is 2.22. The average Bonchev–Trinajstić information content (AvgIpc) is 2.89. The van der Waals surface area contributed by atoms with Gasteiger partial charge in [-0.3, -0.25) is 9.59 Å². The number of rotatable bonds is 8. The lowest BCUT2D eigenvalue weighted by Gasteiger charge is -2.10. The molecule has 2 heterocycles. The van der Waals surface area contributed by atoms with Gasteiger partial charge in [0.1, 0.15) is 11.5 Å². The molecule has 0 aliphatic rings. The predicted molar refractivity (Wildman–Crippen MR) is 105 cm³/mol. The SMILES string of the molecule is CCCOc1cccn(CC(=O)Nc2sc(C)c(C)c2C(=O)OCC)c1=O. The molecule has 0 radical (unpaired) electrons. The van der Waals surface area contributed by atoms with Crippen LogP contribution in [0.15, 0.2) is 23.1 Å². The van der Waals surface area contributed by atoms with Gasteiger partial charge in [0.15, 0.2) is 5.75 Å². The van der Waals surface area contributed by atoms with Crippen molar-refractivity contribution >= 4 is 28.2 Å². The van der Waals surface area contributed by atoms with Crippen molar-refractivity contribution in [3.8, 4) is 5.75 Å². The van der Waals surface area contributed by atoms with E-state index in [2.05, 4.69) is 5.32 Å². The molecule has 0 saturated carbocycles. The fourth-order valence-electron chi connectivity index (χ4n) is 2.45. The van der Waals surface area contributed by atoms with E-state index in [1.54, 1.807) is 19.1 Å². The Kier molecular flexibility index (Phi) is 7.18. The number of pyridine rings is 1. The van der Waals surface area contributed by atoms with Crippen molar-refractivity contribution in [2.45, 2.75) is 40.7 Å². The van der Waals surface area contributed by atoms with E-state index < -0.39 is 11.9 Å². The fraction of sp³-hybridized carbons (Fsp3) is 0.421. The zero-order valence-electron chi connectivity index (χ0n) is 16.0. The van der Waals surface area contributed by atoms with Crippen LogP contribution in [-0.4, -0.2) is 29.7 Å². The molecule has 27 heavy (non-hydrogen) atoms. The Bertz CT molecular complexity index is 885. The minimum absolute atomic E-state index is 0.180. The van der Waals surface area contributed by atoms with E-state index in [1.807, 2.05) is 20.8 Å². The van der Waals surface area contributed by atoms with Crippen LogP contribution in [0.1, 0.15) is 41.1 Å². The molecule has 0 atom stereocenters. The Balaban J connectivity index is 2.19. The van der Waals surface area contributed by atoms with Gasteiger partial charge in [0.05, 0.1) is 18.8 Å². The number of hydrogen-bond acceptors (Lipinski definition) is 6. The molecule has 0 aromatic carbocycles. The molecule has 2 rings (SSSR count). The van der Waals surface area contributed by atoms with E-state index in [-0.39, 0.29) is 24.5 Å². The molecule has 0 fully saturated rings. The second-order valence-corrected chi connectivity index (χ2v) is 7.13. The zero-order valence-corrected chi connectivity index (χ0v) is 16.8. The number of aryl methyl sites for hydroxylation is 1. The largest absolute Gasteiger partial charge is 0.488 e. The predicted octanol–water partition coefficient (Wildman–Crippen LogP) is 3.13. The van der Waals surface area contributed by atoms with Gasteiger partial charge in [0.25, 0.3) is 5.56 Å². The third-order valence-corrected chi connectivity index (χ3v) is 5.00. The molecular formula is C19H24N2O5S. The Labute approximate surface area is 161 Å². The number of carbonyl (C=O) groups excluding carboxylic acids is 2. The number of carbonyl (C=O) groups is 2. The first-order valence-corrected chi connectivity index (χ1v) is 9.59. The number of nitrogens with one attached hydrogen (secondary N) is 1. The Morgan fingerprint density at radius 1 is 1.26 bits per heavy atom. The smallest absolute Gasteiger partial charge is 0.341 e. The molecule has 2 aromatic rings. The lowest BCUT2D eigenvalue weighted by molar-refractivity contribution is -0.116. The van der Waals surface area contributed by atoms with Crippen LogP contribution in [0.5, 0.6) is 5.75 Å². The number of nitrogens with zero attached hydrogens (tertiary/aromatic N) is 1. The number of aromatic nitrogens is 1. The highest BCUT2D eigenvalue weighted by atomic mass is 32.1. The summed E-state index contributed by atoms with van der Waals surface area (Å²) in [6.07, 6.45) is 2.31. The zero-order chi connectivity index (χ0) is 20.0. The van der Waals surface area contributed by atoms with Crippen molar-refractivity contribution in [3.05, 3.63) is 44.7 Å². The van der Waals surface area contributed by atoms with E-state index in [1.165, 1.54) is 22.1 Å². The molecule has 7 nitrogen and oxygen atoms in total. The number of hydrogen-bond donors (Lipinski definition) is 1. The molecular weight excluding hydrogens is 368 g/mol. The standard InChI is InChI=1S/C19H24N2O5S/c1-5-10-26-14-8-7-9-21(18(14)23)11-15(22)20-17-16(19(24)25-6-2)12(3)13(4)27-17/h7-9H,5-6,10-11H2,1-4H3,(H,20,22). The summed E-state index contributed by atoms with van der Waals surface area (Å²) in [4.78, 5) is 37.9. The molecule has 8 heteroatoms. The quantitative estimate of drug-likeness (QED) is 0.698. The first-order chi connectivity index (χ1) is 12.9. The molecule has 1 amide bonds. The maximum atomic E-state index is 12.5. The topological polar surface area (TPSA) is 86.6 Å². The minimum atomic E-state index is -0.471. The molecule has 0 aliphatic heterocycles. The number of esters is 1. The van der Waals surface area contributed by atoms with Crippen LogP contribution in [0.2, 0.25) is 0 Å². The van der Waals surface area contributed by atoms with Gasteiger partial charge in [-0.05, 0) is 44.9 Å². The Hall–Kier alpha value is -2.61. The molecule has 0 aliphatic carbocycles. The summed E-state index contributed by atoms with van der Waals surface area (Å²) in [7, 11) is 0. The van der Waals surface area contributed by atoms with E-state index in [0.717, 1.165) is 16.9 Å². The van der Waals surface area contributed by atoms with Crippen LogP contribution < -0.4 is 15.6 Å². The maximum Gasteiger partial charge on any atom is 0.341 e. The highest BCUT2D eigenvalue weighted by Crippen LogP contribution is 2.33. The molecule has 0 spiro atoms. The second-order valence-electron chi connectivity index (χ2n) is 5.91. The minimum Gasteiger partial charge on any atom is -0.488 e. The van der Waals surface area contributed by atoms with Gasteiger partial charge >= 0.3 is 5.97 Å². The number of ether oxygens (including phenoxy) is 2. The van der Waals surface area contributed by atoms with Crippen LogP contribution >= 0.6 is 11.3 Å². The van der Waals surface area contributed by atoms with E-state index >= 15 is 0 Å². The normalized spacial score (nSPS) is 10.5. The lowest BCUT2D eigenvalue weighted by Crippen LogP contribution is -2.28. The molecule has 1 N–H and O–H groups in total. The monoisotopic (exact) mass is 392 g/mol.